The Morgan fingerprint density at radius 3 is 2.81 bits per heavy atom. The quantitative estimate of drug-likeness (QED) is 0.822. The monoisotopic (exact) mass is 286 g/mol. The third-order valence-corrected chi connectivity index (χ3v) is 4.34. The Labute approximate surface area is 125 Å². The third-order valence-electron chi connectivity index (χ3n) is 4.34. The maximum absolute atomic E-state index is 13.9. The molecule has 2 aromatic rings. The number of fused-ring (bicyclic) bond motifs is 2. The SMILES string of the molecule is CCCNc1c2c(nc3cc(F)c(C)cc13)CCCCC2. The van der Waals surface area contributed by atoms with Gasteiger partial charge in [0, 0.05) is 29.4 Å². The van der Waals surface area contributed by atoms with Crippen LogP contribution in [0.2, 0.25) is 0 Å². The summed E-state index contributed by atoms with van der Waals surface area (Å²) >= 11 is 0. The number of halogens is 1. The van der Waals surface area contributed by atoms with Crippen molar-refractivity contribution >= 4 is 16.6 Å². The number of hydrogen-bond donors (Lipinski definition) is 1. The van der Waals surface area contributed by atoms with Gasteiger partial charge < -0.3 is 5.32 Å². The van der Waals surface area contributed by atoms with E-state index in [0.29, 0.717) is 5.56 Å². The van der Waals surface area contributed by atoms with E-state index in [-0.39, 0.29) is 5.82 Å². The minimum atomic E-state index is -0.162. The molecule has 0 amide bonds. The van der Waals surface area contributed by atoms with Crippen molar-refractivity contribution in [1.29, 1.82) is 0 Å². The topological polar surface area (TPSA) is 24.9 Å². The van der Waals surface area contributed by atoms with Crippen LogP contribution < -0.4 is 5.32 Å². The lowest BCUT2D eigenvalue weighted by molar-refractivity contribution is 0.620. The first-order chi connectivity index (χ1) is 10.2. The number of rotatable bonds is 3. The number of aryl methyl sites for hydroxylation is 2. The first kappa shape index (κ1) is 14.3. The second-order valence-electron chi connectivity index (χ2n) is 6.02. The summed E-state index contributed by atoms with van der Waals surface area (Å²) in [5.41, 5.74) is 5.21. The Morgan fingerprint density at radius 1 is 1.19 bits per heavy atom. The molecule has 0 fully saturated rings. The number of aromatic nitrogens is 1. The zero-order chi connectivity index (χ0) is 14.8. The van der Waals surface area contributed by atoms with E-state index in [1.165, 1.54) is 36.2 Å². The molecule has 1 N–H and O–H groups in total. The van der Waals surface area contributed by atoms with Gasteiger partial charge in [-0.05, 0) is 56.2 Å². The minimum Gasteiger partial charge on any atom is -0.384 e. The average molecular weight is 286 g/mol. The van der Waals surface area contributed by atoms with Crippen LogP contribution >= 0.6 is 0 Å². The molecule has 21 heavy (non-hydrogen) atoms. The summed E-state index contributed by atoms with van der Waals surface area (Å²) in [5.74, 6) is -0.162. The van der Waals surface area contributed by atoms with E-state index in [9.17, 15) is 4.39 Å². The van der Waals surface area contributed by atoms with Gasteiger partial charge >= 0.3 is 0 Å². The zero-order valence-electron chi connectivity index (χ0n) is 12.9. The number of benzene rings is 1. The molecule has 0 unspecified atom stereocenters. The maximum Gasteiger partial charge on any atom is 0.128 e. The van der Waals surface area contributed by atoms with Crippen molar-refractivity contribution in [2.45, 2.75) is 52.4 Å². The number of pyridine rings is 1. The van der Waals surface area contributed by atoms with Crippen LogP contribution in [0.3, 0.4) is 0 Å². The van der Waals surface area contributed by atoms with E-state index < -0.39 is 0 Å². The lowest BCUT2D eigenvalue weighted by Crippen LogP contribution is -2.08. The zero-order valence-corrected chi connectivity index (χ0v) is 12.9. The molecule has 0 aliphatic heterocycles. The average Bonchev–Trinajstić information content (AvgIpc) is 2.70. The van der Waals surface area contributed by atoms with Crippen LogP contribution in [0.15, 0.2) is 12.1 Å². The molecule has 0 spiro atoms. The molecular formula is C18H23FN2. The molecular weight excluding hydrogens is 263 g/mol. The fourth-order valence-electron chi connectivity index (χ4n) is 3.18. The van der Waals surface area contributed by atoms with Crippen molar-refractivity contribution in [3.63, 3.8) is 0 Å². The van der Waals surface area contributed by atoms with Gasteiger partial charge in [-0.3, -0.25) is 4.98 Å². The van der Waals surface area contributed by atoms with E-state index in [1.807, 2.05) is 13.0 Å². The predicted molar refractivity (Wildman–Crippen MR) is 86.5 cm³/mol. The van der Waals surface area contributed by atoms with Crippen molar-refractivity contribution in [2.75, 3.05) is 11.9 Å². The first-order valence-electron chi connectivity index (χ1n) is 8.06. The molecule has 112 valence electrons. The van der Waals surface area contributed by atoms with Gasteiger partial charge in [0.25, 0.3) is 0 Å². The van der Waals surface area contributed by atoms with Crippen molar-refractivity contribution < 1.29 is 4.39 Å². The fourth-order valence-corrected chi connectivity index (χ4v) is 3.18. The molecule has 3 heteroatoms. The van der Waals surface area contributed by atoms with Crippen LogP contribution in [-0.2, 0) is 12.8 Å². The fraction of sp³-hybridized carbons (Fsp3) is 0.500. The largest absolute Gasteiger partial charge is 0.384 e. The molecule has 0 bridgehead atoms. The standard InChI is InChI=1S/C18H23FN2/c1-3-9-20-18-13-7-5-4-6-8-16(13)21-17-11-15(19)12(2)10-14(17)18/h10-11H,3-9H2,1-2H3,(H,20,21). The van der Waals surface area contributed by atoms with Crippen LogP contribution in [-0.4, -0.2) is 11.5 Å². The summed E-state index contributed by atoms with van der Waals surface area (Å²) in [7, 11) is 0. The van der Waals surface area contributed by atoms with Crippen LogP contribution in [0.4, 0.5) is 10.1 Å². The van der Waals surface area contributed by atoms with E-state index >= 15 is 0 Å². The minimum absolute atomic E-state index is 0.162. The smallest absolute Gasteiger partial charge is 0.128 e. The Morgan fingerprint density at radius 2 is 2.00 bits per heavy atom. The van der Waals surface area contributed by atoms with Crippen LogP contribution in [0.1, 0.15) is 49.4 Å². The van der Waals surface area contributed by atoms with E-state index in [4.69, 9.17) is 4.98 Å². The molecule has 0 radical (unpaired) electrons. The van der Waals surface area contributed by atoms with E-state index in [2.05, 4.69) is 12.2 Å². The van der Waals surface area contributed by atoms with Gasteiger partial charge in [-0.1, -0.05) is 13.3 Å². The predicted octanol–water partition coefficient (Wildman–Crippen LogP) is 4.77. The summed E-state index contributed by atoms with van der Waals surface area (Å²) in [6, 6.07) is 3.54. The highest BCUT2D eigenvalue weighted by atomic mass is 19.1. The van der Waals surface area contributed by atoms with Gasteiger partial charge in [0.05, 0.1) is 5.52 Å². The molecule has 1 aliphatic rings. The highest BCUT2D eigenvalue weighted by Gasteiger charge is 2.18. The Balaban J connectivity index is 2.23. The lowest BCUT2D eigenvalue weighted by atomic mass is 10.0. The van der Waals surface area contributed by atoms with Crippen molar-refractivity contribution in [3.05, 3.63) is 34.8 Å². The molecule has 0 saturated carbocycles. The van der Waals surface area contributed by atoms with E-state index in [0.717, 1.165) is 36.7 Å². The molecule has 1 heterocycles. The summed E-state index contributed by atoms with van der Waals surface area (Å²) in [4.78, 5) is 4.77. The molecule has 0 saturated heterocycles. The van der Waals surface area contributed by atoms with Crippen molar-refractivity contribution in [1.82, 2.24) is 4.98 Å². The van der Waals surface area contributed by atoms with Gasteiger partial charge in [0.2, 0.25) is 0 Å². The number of hydrogen-bond acceptors (Lipinski definition) is 2. The van der Waals surface area contributed by atoms with Crippen LogP contribution in [0, 0.1) is 12.7 Å². The molecule has 1 aliphatic carbocycles. The van der Waals surface area contributed by atoms with Gasteiger partial charge in [0.1, 0.15) is 5.82 Å². The van der Waals surface area contributed by atoms with Crippen molar-refractivity contribution in [2.24, 2.45) is 0 Å². The molecule has 0 atom stereocenters. The molecule has 3 rings (SSSR count). The number of nitrogens with one attached hydrogen (secondary N) is 1. The Kier molecular flexibility index (Phi) is 4.09. The maximum atomic E-state index is 13.9. The van der Waals surface area contributed by atoms with Crippen LogP contribution in [0.25, 0.3) is 10.9 Å². The first-order valence-corrected chi connectivity index (χ1v) is 8.06. The van der Waals surface area contributed by atoms with Crippen LogP contribution in [0.5, 0.6) is 0 Å². The molecule has 1 aromatic heterocycles. The summed E-state index contributed by atoms with van der Waals surface area (Å²) in [6.07, 6.45) is 6.85. The molecule has 2 nitrogen and oxygen atoms in total. The summed E-state index contributed by atoms with van der Waals surface area (Å²) in [5, 5.41) is 4.65. The third kappa shape index (κ3) is 2.74. The number of nitrogens with zero attached hydrogens (tertiary/aromatic N) is 1. The Hall–Kier alpha value is -1.64. The van der Waals surface area contributed by atoms with Gasteiger partial charge in [-0.2, -0.15) is 0 Å². The summed E-state index contributed by atoms with van der Waals surface area (Å²) in [6.45, 7) is 4.94. The lowest BCUT2D eigenvalue weighted by Gasteiger charge is -2.17. The van der Waals surface area contributed by atoms with Gasteiger partial charge in [-0.25, -0.2) is 4.39 Å². The van der Waals surface area contributed by atoms with Crippen molar-refractivity contribution in [3.8, 4) is 0 Å². The van der Waals surface area contributed by atoms with Gasteiger partial charge in [-0.15, -0.1) is 0 Å². The second kappa shape index (κ2) is 6.00. The Bertz CT molecular complexity index is 664. The highest BCUT2D eigenvalue weighted by molar-refractivity contribution is 5.94. The highest BCUT2D eigenvalue weighted by Crippen LogP contribution is 2.33. The van der Waals surface area contributed by atoms with Gasteiger partial charge in [0.15, 0.2) is 0 Å². The van der Waals surface area contributed by atoms with E-state index in [1.54, 1.807) is 6.07 Å². The second-order valence-corrected chi connectivity index (χ2v) is 6.02. The summed E-state index contributed by atoms with van der Waals surface area (Å²) < 4.78 is 13.9. The normalized spacial score (nSPS) is 14.8. The molecule has 1 aromatic carbocycles. The number of anilines is 1.